The number of nitrogens with zero attached hydrogens (tertiary/aromatic N) is 2. The van der Waals surface area contributed by atoms with E-state index in [0.29, 0.717) is 18.0 Å². The third kappa shape index (κ3) is 3.06. The molecule has 0 aromatic heterocycles. The first kappa shape index (κ1) is 12.1. The largest absolute Gasteiger partial charge is 0.324 e. The lowest BCUT2D eigenvalue weighted by Gasteiger charge is -2.29. The smallest absolute Gasteiger partial charge is 0.0229 e. The van der Waals surface area contributed by atoms with Gasteiger partial charge in [-0.2, -0.15) is 0 Å². The van der Waals surface area contributed by atoms with Gasteiger partial charge in [0.05, 0.1) is 0 Å². The third-order valence-corrected chi connectivity index (χ3v) is 3.86. The molecule has 3 nitrogen and oxygen atoms in total. The summed E-state index contributed by atoms with van der Waals surface area (Å²) in [6.45, 7) is 7.22. The molecule has 1 heterocycles. The maximum absolute atomic E-state index is 5.90. The summed E-state index contributed by atoms with van der Waals surface area (Å²) in [6, 6.07) is 0.979. The fourth-order valence-corrected chi connectivity index (χ4v) is 2.94. The van der Waals surface area contributed by atoms with Gasteiger partial charge in [-0.15, -0.1) is 0 Å². The first-order chi connectivity index (χ1) is 7.65. The zero-order valence-corrected chi connectivity index (χ0v) is 10.6. The van der Waals surface area contributed by atoms with E-state index in [2.05, 4.69) is 35.9 Å². The zero-order chi connectivity index (χ0) is 11.5. The topological polar surface area (TPSA) is 32.5 Å². The summed E-state index contributed by atoms with van der Waals surface area (Å²) in [4.78, 5) is 5.08. The van der Waals surface area contributed by atoms with Crippen molar-refractivity contribution >= 4 is 0 Å². The van der Waals surface area contributed by atoms with Crippen LogP contribution in [0.25, 0.3) is 0 Å². The molecule has 0 saturated carbocycles. The van der Waals surface area contributed by atoms with Crippen LogP contribution in [-0.2, 0) is 0 Å². The van der Waals surface area contributed by atoms with Gasteiger partial charge in [-0.1, -0.05) is 12.2 Å². The standard InChI is InChI=1S/C13H25N3/c1-11-9-15(2)6-3-7-16(11)10-12-4-5-13(14)8-12/h4-5,11-13H,3,6-10,14H2,1-2H3. The molecule has 16 heavy (non-hydrogen) atoms. The van der Waals surface area contributed by atoms with E-state index in [1.54, 1.807) is 0 Å². The quantitative estimate of drug-likeness (QED) is 0.707. The Bertz CT molecular complexity index is 252. The van der Waals surface area contributed by atoms with E-state index < -0.39 is 0 Å². The lowest BCUT2D eigenvalue weighted by Crippen LogP contribution is -2.40. The van der Waals surface area contributed by atoms with E-state index in [4.69, 9.17) is 5.73 Å². The van der Waals surface area contributed by atoms with Gasteiger partial charge in [-0.05, 0) is 45.8 Å². The van der Waals surface area contributed by atoms with E-state index in [1.165, 1.54) is 32.6 Å². The van der Waals surface area contributed by atoms with Gasteiger partial charge in [0.25, 0.3) is 0 Å². The molecule has 1 aliphatic heterocycles. The molecule has 1 aliphatic carbocycles. The normalized spacial score (nSPS) is 37.8. The highest BCUT2D eigenvalue weighted by molar-refractivity contribution is 5.05. The summed E-state index contributed by atoms with van der Waals surface area (Å²) in [5, 5.41) is 0. The fourth-order valence-electron chi connectivity index (χ4n) is 2.94. The van der Waals surface area contributed by atoms with Gasteiger partial charge >= 0.3 is 0 Å². The Kier molecular flexibility index (Phi) is 4.00. The average molecular weight is 223 g/mol. The van der Waals surface area contributed by atoms with E-state index in [-0.39, 0.29) is 0 Å². The number of rotatable bonds is 2. The van der Waals surface area contributed by atoms with Crippen LogP contribution in [0.5, 0.6) is 0 Å². The fraction of sp³-hybridized carbons (Fsp3) is 0.846. The van der Waals surface area contributed by atoms with Gasteiger partial charge < -0.3 is 10.6 Å². The lowest BCUT2D eigenvalue weighted by molar-refractivity contribution is 0.184. The summed E-state index contributed by atoms with van der Waals surface area (Å²) >= 11 is 0. The van der Waals surface area contributed by atoms with Crippen LogP contribution in [0.4, 0.5) is 0 Å². The maximum Gasteiger partial charge on any atom is 0.0229 e. The molecule has 0 aromatic carbocycles. The minimum Gasteiger partial charge on any atom is -0.324 e. The first-order valence-corrected chi connectivity index (χ1v) is 6.51. The third-order valence-electron chi connectivity index (χ3n) is 3.86. The highest BCUT2D eigenvalue weighted by Crippen LogP contribution is 2.20. The van der Waals surface area contributed by atoms with Crippen molar-refractivity contribution in [2.24, 2.45) is 11.7 Å². The van der Waals surface area contributed by atoms with Crippen LogP contribution < -0.4 is 5.73 Å². The van der Waals surface area contributed by atoms with Gasteiger partial charge in [0, 0.05) is 25.2 Å². The average Bonchev–Trinajstić information content (AvgIpc) is 2.55. The van der Waals surface area contributed by atoms with Gasteiger partial charge in [-0.3, -0.25) is 4.90 Å². The van der Waals surface area contributed by atoms with E-state index in [9.17, 15) is 0 Å². The molecule has 3 atom stereocenters. The molecule has 92 valence electrons. The van der Waals surface area contributed by atoms with Crippen molar-refractivity contribution in [2.45, 2.75) is 31.8 Å². The molecule has 0 amide bonds. The van der Waals surface area contributed by atoms with Crippen LogP contribution in [0.3, 0.4) is 0 Å². The highest BCUT2D eigenvalue weighted by atomic mass is 15.2. The lowest BCUT2D eigenvalue weighted by atomic mass is 10.1. The van der Waals surface area contributed by atoms with Crippen molar-refractivity contribution in [3.8, 4) is 0 Å². The molecule has 0 radical (unpaired) electrons. The molecule has 1 fully saturated rings. The van der Waals surface area contributed by atoms with Crippen molar-refractivity contribution in [3.05, 3.63) is 12.2 Å². The van der Waals surface area contributed by atoms with Gasteiger partial charge in [0.1, 0.15) is 0 Å². The van der Waals surface area contributed by atoms with Crippen molar-refractivity contribution in [3.63, 3.8) is 0 Å². The summed E-state index contributed by atoms with van der Waals surface area (Å²) in [6.07, 6.45) is 6.91. The van der Waals surface area contributed by atoms with Gasteiger partial charge in [-0.25, -0.2) is 0 Å². The number of nitrogens with two attached hydrogens (primary N) is 1. The Morgan fingerprint density at radius 2 is 2.12 bits per heavy atom. The molecule has 3 unspecified atom stereocenters. The minimum absolute atomic E-state index is 0.301. The van der Waals surface area contributed by atoms with Gasteiger partial charge in [0.15, 0.2) is 0 Å². The molecular formula is C13H25N3. The molecule has 2 N–H and O–H groups in total. The van der Waals surface area contributed by atoms with Crippen LogP contribution in [0, 0.1) is 5.92 Å². The second-order valence-electron chi connectivity index (χ2n) is 5.50. The molecular weight excluding hydrogens is 198 g/mol. The van der Waals surface area contributed by atoms with Gasteiger partial charge in [0.2, 0.25) is 0 Å². The van der Waals surface area contributed by atoms with E-state index in [0.717, 1.165) is 6.42 Å². The Labute approximate surface area is 99.3 Å². The molecule has 0 spiro atoms. The summed E-state index contributed by atoms with van der Waals surface area (Å²) in [7, 11) is 2.23. The molecule has 0 bridgehead atoms. The summed E-state index contributed by atoms with van der Waals surface area (Å²) in [5.41, 5.74) is 5.90. The van der Waals surface area contributed by atoms with Crippen LogP contribution in [0.1, 0.15) is 19.8 Å². The Balaban J connectivity index is 1.86. The predicted octanol–water partition coefficient (Wildman–Crippen LogP) is 0.916. The Morgan fingerprint density at radius 3 is 2.81 bits per heavy atom. The number of hydrogen-bond donors (Lipinski definition) is 1. The molecule has 3 heteroatoms. The number of hydrogen-bond acceptors (Lipinski definition) is 3. The molecule has 0 aromatic rings. The van der Waals surface area contributed by atoms with Crippen molar-refractivity contribution < 1.29 is 0 Å². The van der Waals surface area contributed by atoms with E-state index in [1.807, 2.05) is 0 Å². The predicted molar refractivity (Wildman–Crippen MR) is 68.4 cm³/mol. The van der Waals surface area contributed by atoms with Crippen LogP contribution in [0.15, 0.2) is 12.2 Å². The van der Waals surface area contributed by atoms with Crippen LogP contribution >= 0.6 is 0 Å². The number of likely N-dealkylation sites (N-methyl/N-ethyl adjacent to an activating group) is 1. The molecule has 1 saturated heterocycles. The van der Waals surface area contributed by atoms with Crippen molar-refractivity contribution in [1.29, 1.82) is 0 Å². The summed E-state index contributed by atoms with van der Waals surface area (Å²) in [5.74, 6) is 0.681. The van der Waals surface area contributed by atoms with Crippen molar-refractivity contribution in [1.82, 2.24) is 9.80 Å². The highest BCUT2D eigenvalue weighted by Gasteiger charge is 2.24. The maximum atomic E-state index is 5.90. The monoisotopic (exact) mass is 223 g/mol. The summed E-state index contributed by atoms with van der Waals surface area (Å²) < 4.78 is 0. The minimum atomic E-state index is 0.301. The first-order valence-electron chi connectivity index (χ1n) is 6.51. The second-order valence-corrected chi connectivity index (χ2v) is 5.50. The van der Waals surface area contributed by atoms with Crippen molar-refractivity contribution in [2.75, 3.05) is 33.2 Å². The van der Waals surface area contributed by atoms with Crippen LogP contribution in [-0.4, -0.2) is 55.1 Å². The molecule has 2 rings (SSSR count). The van der Waals surface area contributed by atoms with E-state index >= 15 is 0 Å². The molecule has 2 aliphatic rings. The van der Waals surface area contributed by atoms with Crippen LogP contribution in [0.2, 0.25) is 0 Å². The second kappa shape index (κ2) is 5.30. The Morgan fingerprint density at radius 1 is 1.31 bits per heavy atom. The zero-order valence-electron chi connectivity index (χ0n) is 10.6. The Hall–Kier alpha value is -0.380. The SMILES string of the molecule is CC1CN(C)CCCN1CC1C=CC(N)C1.